The first-order valence-electron chi connectivity index (χ1n) is 11.8. The Kier molecular flexibility index (Phi) is 7.57. The maximum absolute atomic E-state index is 12.8. The van der Waals surface area contributed by atoms with Gasteiger partial charge in [-0.1, -0.05) is 13.0 Å². The third-order valence-electron chi connectivity index (χ3n) is 6.25. The number of carbonyl (C=O) groups excluding carboxylic acids is 1. The number of hydrogen-bond acceptors (Lipinski definition) is 5. The molecule has 1 aromatic heterocycles. The molecule has 0 spiro atoms. The monoisotopic (exact) mass is 447 g/mol. The van der Waals surface area contributed by atoms with Gasteiger partial charge in [-0.15, -0.1) is 0 Å². The molecule has 2 heterocycles. The van der Waals surface area contributed by atoms with Crippen LogP contribution in [0.15, 0.2) is 48.7 Å². The van der Waals surface area contributed by atoms with Crippen LogP contribution >= 0.6 is 0 Å². The van der Waals surface area contributed by atoms with E-state index in [4.69, 9.17) is 9.47 Å². The smallest absolute Gasteiger partial charge is 0.255 e. The number of pyridine rings is 1. The number of aromatic nitrogens is 1. The molecule has 174 valence electrons. The summed E-state index contributed by atoms with van der Waals surface area (Å²) in [6.07, 6.45) is 5.30. The first kappa shape index (κ1) is 23.2. The molecule has 1 aliphatic heterocycles. The highest BCUT2D eigenvalue weighted by Crippen LogP contribution is 2.25. The first-order valence-corrected chi connectivity index (χ1v) is 11.8. The van der Waals surface area contributed by atoms with E-state index in [2.05, 4.69) is 35.5 Å². The number of fused-ring (bicyclic) bond motifs is 1. The van der Waals surface area contributed by atoms with Crippen molar-refractivity contribution in [3.05, 3.63) is 65.4 Å². The molecule has 33 heavy (non-hydrogen) atoms. The molecule has 4 rings (SSSR count). The lowest BCUT2D eigenvalue weighted by Gasteiger charge is -2.14. The highest BCUT2D eigenvalue weighted by Gasteiger charge is 2.16. The van der Waals surface area contributed by atoms with E-state index in [1.54, 1.807) is 12.1 Å². The van der Waals surface area contributed by atoms with Crippen molar-refractivity contribution < 1.29 is 14.3 Å². The molecule has 2 unspecified atom stereocenters. The summed E-state index contributed by atoms with van der Waals surface area (Å²) in [6.45, 7) is 8.49. The van der Waals surface area contributed by atoms with Crippen LogP contribution in [0.25, 0.3) is 10.9 Å². The van der Waals surface area contributed by atoms with Gasteiger partial charge in [-0.25, -0.2) is 0 Å². The lowest BCUT2D eigenvalue weighted by Crippen LogP contribution is -2.24. The van der Waals surface area contributed by atoms with Crippen molar-refractivity contribution in [3.63, 3.8) is 0 Å². The molecule has 6 nitrogen and oxygen atoms in total. The second-order valence-corrected chi connectivity index (χ2v) is 8.77. The van der Waals surface area contributed by atoms with Crippen molar-refractivity contribution in [1.82, 2.24) is 10.3 Å². The van der Waals surface area contributed by atoms with Crippen LogP contribution in [0.4, 0.5) is 5.69 Å². The normalized spacial score (nSPS) is 16.6. The molecule has 1 amide bonds. The second-order valence-electron chi connectivity index (χ2n) is 8.77. The van der Waals surface area contributed by atoms with Crippen LogP contribution in [-0.4, -0.2) is 36.3 Å². The van der Waals surface area contributed by atoms with Gasteiger partial charge in [0, 0.05) is 42.0 Å². The highest BCUT2D eigenvalue weighted by atomic mass is 16.5. The number of anilines is 1. The molecule has 1 aliphatic rings. The number of carbonyl (C=O) groups is 1. The second kappa shape index (κ2) is 10.8. The van der Waals surface area contributed by atoms with E-state index in [1.165, 1.54) is 0 Å². The van der Waals surface area contributed by atoms with E-state index >= 15 is 0 Å². The minimum atomic E-state index is -0.155. The zero-order chi connectivity index (χ0) is 23.2. The number of nitrogens with zero attached hydrogens (tertiary/aromatic N) is 1. The number of ether oxygens (including phenoxy) is 2. The van der Waals surface area contributed by atoms with E-state index < -0.39 is 0 Å². The van der Waals surface area contributed by atoms with Gasteiger partial charge in [-0.2, -0.15) is 0 Å². The Morgan fingerprint density at radius 2 is 2.06 bits per heavy atom. The summed E-state index contributed by atoms with van der Waals surface area (Å²) >= 11 is 0. The Bertz CT molecular complexity index is 1090. The summed E-state index contributed by atoms with van der Waals surface area (Å²) < 4.78 is 11.4. The molecule has 0 saturated carbocycles. The molecule has 6 heteroatoms. The molecule has 1 fully saturated rings. The largest absolute Gasteiger partial charge is 0.491 e. The van der Waals surface area contributed by atoms with Crippen molar-refractivity contribution in [2.45, 2.75) is 58.7 Å². The van der Waals surface area contributed by atoms with Gasteiger partial charge in [-0.3, -0.25) is 9.78 Å². The SMILES string of the molecule is CCC(C)NCc1cnc2c(C)c(NC(=O)c3ccc(OCC4CCCO4)cc3)ccc2c1. The van der Waals surface area contributed by atoms with Crippen molar-refractivity contribution >= 4 is 22.5 Å². The summed E-state index contributed by atoms with van der Waals surface area (Å²) in [5.74, 6) is 0.587. The molecule has 2 aromatic carbocycles. The summed E-state index contributed by atoms with van der Waals surface area (Å²) in [5, 5.41) is 7.59. The zero-order valence-electron chi connectivity index (χ0n) is 19.7. The molecule has 2 atom stereocenters. The van der Waals surface area contributed by atoms with Crippen LogP contribution in [0.5, 0.6) is 5.75 Å². The number of benzene rings is 2. The fourth-order valence-electron chi connectivity index (χ4n) is 3.92. The molecule has 2 N–H and O–H groups in total. The van der Waals surface area contributed by atoms with E-state index in [0.29, 0.717) is 18.2 Å². The lowest BCUT2D eigenvalue weighted by molar-refractivity contribution is 0.0679. The number of aryl methyl sites for hydroxylation is 1. The molecule has 1 saturated heterocycles. The van der Waals surface area contributed by atoms with Crippen molar-refractivity contribution in [2.24, 2.45) is 0 Å². The molecular formula is C27H33N3O3. The summed E-state index contributed by atoms with van der Waals surface area (Å²) in [4.78, 5) is 17.5. The van der Waals surface area contributed by atoms with Crippen molar-refractivity contribution in [3.8, 4) is 5.75 Å². The van der Waals surface area contributed by atoms with Gasteiger partial charge in [0.15, 0.2) is 0 Å². The topological polar surface area (TPSA) is 72.5 Å². The maximum Gasteiger partial charge on any atom is 0.255 e. The van der Waals surface area contributed by atoms with Crippen LogP contribution in [0.1, 0.15) is 54.6 Å². The predicted molar refractivity (Wildman–Crippen MR) is 132 cm³/mol. The fraction of sp³-hybridized carbons (Fsp3) is 0.407. The molecule has 3 aromatic rings. The Labute approximate surface area is 195 Å². The minimum Gasteiger partial charge on any atom is -0.491 e. The molecule has 0 aliphatic carbocycles. The molecule has 0 bridgehead atoms. The average molecular weight is 448 g/mol. The van der Waals surface area contributed by atoms with Crippen LogP contribution in [0.3, 0.4) is 0 Å². The summed E-state index contributed by atoms with van der Waals surface area (Å²) in [5.41, 5.74) is 4.36. The van der Waals surface area contributed by atoms with Crippen LogP contribution in [-0.2, 0) is 11.3 Å². The third-order valence-corrected chi connectivity index (χ3v) is 6.25. The van der Waals surface area contributed by atoms with Crippen LogP contribution in [0.2, 0.25) is 0 Å². The van der Waals surface area contributed by atoms with E-state index in [9.17, 15) is 4.79 Å². The Hall–Kier alpha value is -2.96. The number of amides is 1. The quantitative estimate of drug-likeness (QED) is 0.469. The Morgan fingerprint density at radius 1 is 1.24 bits per heavy atom. The predicted octanol–water partition coefficient (Wildman–Crippen LogP) is 5.24. The molecule has 0 radical (unpaired) electrons. The lowest BCUT2D eigenvalue weighted by atomic mass is 10.1. The van der Waals surface area contributed by atoms with Gasteiger partial charge in [0.25, 0.3) is 5.91 Å². The third kappa shape index (κ3) is 5.89. The van der Waals surface area contributed by atoms with Crippen LogP contribution in [0, 0.1) is 6.92 Å². The number of rotatable bonds is 9. The number of nitrogens with one attached hydrogen (secondary N) is 2. The van der Waals surface area contributed by atoms with Gasteiger partial charge in [-0.05, 0) is 80.6 Å². The average Bonchev–Trinajstić information content (AvgIpc) is 3.37. The summed E-state index contributed by atoms with van der Waals surface area (Å²) in [6, 6.07) is 13.8. The van der Waals surface area contributed by atoms with Gasteiger partial charge >= 0.3 is 0 Å². The van der Waals surface area contributed by atoms with Gasteiger partial charge < -0.3 is 20.1 Å². The van der Waals surface area contributed by atoms with Crippen LogP contribution < -0.4 is 15.4 Å². The number of hydrogen-bond donors (Lipinski definition) is 2. The Morgan fingerprint density at radius 3 is 2.79 bits per heavy atom. The highest BCUT2D eigenvalue weighted by molar-refractivity contribution is 6.06. The molecular weight excluding hydrogens is 414 g/mol. The minimum absolute atomic E-state index is 0.155. The van der Waals surface area contributed by atoms with Gasteiger partial charge in [0.05, 0.1) is 11.6 Å². The summed E-state index contributed by atoms with van der Waals surface area (Å²) in [7, 11) is 0. The zero-order valence-corrected chi connectivity index (χ0v) is 19.7. The van der Waals surface area contributed by atoms with Crippen molar-refractivity contribution in [1.29, 1.82) is 0 Å². The van der Waals surface area contributed by atoms with E-state index in [-0.39, 0.29) is 12.0 Å². The van der Waals surface area contributed by atoms with Gasteiger partial charge in [0.2, 0.25) is 0 Å². The Balaban J connectivity index is 1.40. The standard InChI is InChI=1S/C27H33N3O3/c1-4-18(2)28-15-20-14-22-9-12-25(19(3)26(22)29-16-20)30-27(31)21-7-10-23(11-8-21)33-17-24-6-5-13-32-24/h7-12,14,16,18,24,28H,4-6,13,15,17H2,1-3H3,(H,30,31). The van der Waals surface area contributed by atoms with Gasteiger partial charge in [0.1, 0.15) is 12.4 Å². The first-order chi connectivity index (χ1) is 16.0. The fourth-order valence-corrected chi connectivity index (χ4v) is 3.92. The maximum atomic E-state index is 12.8. The van der Waals surface area contributed by atoms with E-state index in [1.807, 2.05) is 37.4 Å². The van der Waals surface area contributed by atoms with Crippen molar-refractivity contribution in [2.75, 3.05) is 18.5 Å². The van der Waals surface area contributed by atoms with E-state index in [0.717, 1.165) is 65.9 Å².